The molecule has 0 aliphatic heterocycles. The van der Waals surface area contributed by atoms with Crippen LogP contribution in [0.3, 0.4) is 0 Å². The first-order valence-corrected chi connectivity index (χ1v) is 9.10. The van der Waals surface area contributed by atoms with Gasteiger partial charge in [-0.1, -0.05) is 74.5 Å². The largest absolute Gasteiger partial charge is 0.504 e. The number of hydrogen-bond acceptors (Lipinski definition) is 2. The maximum atomic E-state index is 5.45. The summed E-state index contributed by atoms with van der Waals surface area (Å²) >= 11 is 0. The smallest absolute Gasteiger partial charge is 0.0923 e. The lowest BCUT2D eigenvalue weighted by Gasteiger charge is -2.29. The van der Waals surface area contributed by atoms with Gasteiger partial charge >= 0.3 is 0 Å². The molecule has 0 saturated carbocycles. The van der Waals surface area contributed by atoms with Crippen LogP contribution in [0.25, 0.3) is 11.6 Å². The molecule has 0 fully saturated rings. The van der Waals surface area contributed by atoms with Crippen LogP contribution in [-0.2, 0) is 4.74 Å². The minimum atomic E-state index is 1.03. The molecule has 25 heavy (non-hydrogen) atoms. The number of ether oxygens (including phenoxy) is 1. The molecule has 0 amide bonds. The van der Waals surface area contributed by atoms with Gasteiger partial charge in [-0.3, -0.25) is 0 Å². The monoisotopic (exact) mass is 335 g/mol. The standard InChI is InChI=1S/C23H29NO/c1-4-16-24(17-5-2)23(18-20-12-8-6-9-13-20)22(19-25-3)21-14-10-7-11-15-21/h6-15,18-19H,4-5,16-17H2,1-3H3/b22-19+,23-18?. The van der Waals surface area contributed by atoms with Crippen LogP contribution >= 0.6 is 0 Å². The summed E-state index contributed by atoms with van der Waals surface area (Å²) in [5.74, 6) is 0. The Morgan fingerprint density at radius 2 is 1.44 bits per heavy atom. The Bertz CT molecular complexity index is 668. The number of hydrogen-bond donors (Lipinski definition) is 0. The average Bonchev–Trinajstić information content (AvgIpc) is 2.66. The first-order chi connectivity index (χ1) is 12.3. The van der Waals surface area contributed by atoms with Gasteiger partial charge in [0.25, 0.3) is 0 Å². The summed E-state index contributed by atoms with van der Waals surface area (Å²) in [5.41, 5.74) is 4.70. The van der Waals surface area contributed by atoms with E-state index in [9.17, 15) is 0 Å². The number of rotatable bonds is 9. The highest BCUT2D eigenvalue weighted by atomic mass is 16.5. The average molecular weight is 335 g/mol. The lowest BCUT2D eigenvalue weighted by molar-refractivity contribution is 0.332. The van der Waals surface area contributed by atoms with E-state index in [1.165, 1.54) is 16.8 Å². The summed E-state index contributed by atoms with van der Waals surface area (Å²) in [5, 5.41) is 0. The summed E-state index contributed by atoms with van der Waals surface area (Å²) in [6.07, 6.45) is 6.36. The molecule has 0 aliphatic rings. The summed E-state index contributed by atoms with van der Waals surface area (Å²) in [4.78, 5) is 2.46. The van der Waals surface area contributed by atoms with Gasteiger partial charge in [-0.05, 0) is 30.0 Å². The molecular formula is C23H29NO. The molecule has 0 aliphatic carbocycles. The van der Waals surface area contributed by atoms with Gasteiger partial charge in [-0.15, -0.1) is 0 Å². The summed E-state index contributed by atoms with van der Waals surface area (Å²) < 4.78 is 5.45. The van der Waals surface area contributed by atoms with Crippen molar-refractivity contribution >= 4 is 11.6 Å². The first-order valence-electron chi connectivity index (χ1n) is 9.10. The predicted octanol–water partition coefficient (Wildman–Crippen LogP) is 5.84. The molecule has 2 aromatic rings. The molecule has 2 rings (SSSR count). The fraction of sp³-hybridized carbons (Fsp3) is 0.304. The van der Waals surface area contributed by atoms with Crippen molar-refractivity contribution in [2.24, 2.45) is 0 Å². The Hall–Kier alpha value is -2.48. The first kappa shape index (κ1) is 18.9. The van der Waals surface area contributed by atoms with Gasteiger partial charge in [0.2, 0.25) is 0 Å². The van der Waals surface area contributed by atoms with Crippen molar-refractivity contribution in [3.8, 4) is 0 Å². The zero-order valence-corrected chi connectivity index (χ0v) is 15.6. The van der Waals surface area contributed by atoms with Gasteiger partial charge in [0.05, 0.1) is 13.4 Å². The third-order valence-electron chi connectivity index (χ3n) is 4.03. The predicted molar refractivity (Wildman–Crippen MR) is 108 cm³/mol. The van der Waals surface area contributed by atoms with Gasteiger partial charge in [0, 0.05) is 24.4 Å². The van der Waals surface area contributed by atoms with E-state index in [1.807, 2.05) is 12.3 Å². The maximum absolute atomic E-state index is 5.45. The molecule has 2 heteroatoms. The Balaban J connectivity index is 2.55. The molecule has 2 nitrogen and oxygen atoms in total. The molecule has 0 spiro atoms. The van der Waals surface area contributed by atoms with Crippen LogP contribution in [0.4, 0.5) is 0 Å². The number of methoxy groups -OCH3 is 1. The van der Waals surface area contributed by atoms with E-state index in [4.69, 9.17) is 4.74 Å². The van der Waals surface area contributed by atoms with E-state index in [2.05, 4.69) is 79.4 Å². The lowest BCUT2D eigenvalue weighted by atomic mass is 10.0. The third kappa shape index (κ3) is 5.53. The second-order valence-corrected chi connectivity index (χ2v) is 6.06. The zero-order chi connectivity index (χ0) is 17.9. The summed E-state index contributed by atoms with van der Waals surface area (Å²) in [7, 11) is 1.72. The minimum Gasteiger partial charge on any atom is -0.504 e. The lowest BCUT2D eigenvalue weighted by Crippen LogP contribution is -2.25. The second-order valence-electron chi connectivity index (χ2n) is 6.06. The van der Waals surface area contributed by atoms with Crippen LogP contribution in [0.2, 0.25) is 0 Å². The third-order valence-corrected chi connectivity index (χ3v) is 4.03. The van der Waals surface area contributed by atoms with Crippen molar-refractivity contribution < 1.29 is 4.74 Å². The molecule has 0 unspecified atom stereocenters. The van der Waals surface area contributed by atoms with E-state index >= 15 is 0 Å². The number of nitrogens with zero attached hydrogens (tertiary/aromatic N) is 1. The van der Waals surface area contributed by atoms with E-state index in [0.29, 0.717) is 0 Å². The molecule has 0 N–H and O–H groups in total. The molecule has 2 aromatic carbocycles. The van der Waals surface area contributed by atoms with Crippen LogP contribution in [0.15, 0.2) is 72.6 Å². The van der Waals surface area contributed by atoms with Crippen molar-refractivity contribution in [1.29, 1.82) is 0 Å². The molecular weight excluding hydrogens is 306 g/mol. The van der Waals surface area contributed by atoms with Crippen molar-refractivity contribution in [1.82, 2.24) is 4.90 Å². The molecule has 0 atom stereocenters. The van der Waals surface area contributed by atoms with Gasteiger partial charge in [0.15, 0.2) is 0 Å². The quantitative estimate of drug-likeness (QED) is 0.422. The SMILES string of the molecule is CCCN(CCC)C(=Cc1ccccc1)/C(=C/OC)c1ccccc1. The van der Waals surface area contributed by atoms with Crippen molar-refractivity contribution in [2.45, 2.75) is 26.7 Å². The van der Waals surface area contributed by atoms with E-state index in [-0.39, 0.29) is 0 Å². The Kier molecular flexibility index (Phi) is 7.84. The van der Waals surface area contributed by atoms with Gasteiger partial charge in [0.1, 0.15) is 0 Å². The number of allylic oxidation sites excluding steroid dienone is 1. The van der Waals surface area contributed by atoms with Crippen LogP contribution in [0.5, 0.6) is 0 Å². The van der Waals surface area contributed by atoms with E-state index < -0.39 is 0 Å². The normalized spacial score (nSPS) is 12.1. The fourth-order valence-corrected chi connectivity index (χ4v) is 2.95. The van der Waals surface area contributed by atoms with E-state index in [0.717, 1.165) is 31.5 Å². The number of benzene rings is 2. The van der Waals surface area contributed by atoms with Crippen molar-refractivity contribution in [3.63, 3.8) is 0 Å². The van der Waals surface area contributed by atoms with Gasteiger partial charge in [-0.2, -0.15) is 0 Å². The van der Waals surface area contributed by atoms with Crippen molar-refractivity contribution in [3.05, 3.63) is 83.7 Å². The summed E-state index contributed by atoms with van der Waals surface area (Å²) in [6, 6.07) is 21.0. The highest BCUT2D eigenvalue weighted by Gasteiger charge is 2.15. The zero-order valence-electron chi connectivity index (χ0n) is 15.6. The molecule has 0 heterocycles. The van der Waals surface area contributed by atoms with Crippen molar-refractivity contribution in [2.75, 3.05) is 20.2 Å². The Morgan fingerprint density at radius 3 is 1.96 bits per heavy atom. The Labute approximate surface area is 152 Å². The molecule has 0 aromatic heterocycles. The Morgan fingerprint density at radius 1 is 0.880 bits per heavy atom. The molecule has 0 radical (unpaired) electrons. The van der Waals surface area contributed by atoms with Crippen LogP contribution < -0.4 is 0 Å². The summed E-state index contributed by atoms with van der Waals surface area (Å²) in [6.45, 7) is 6.51. The molecule has 0 bridgehead atoms. The minimum absolute atomic E-state index is 1.03. The topological polar surface area (TPSA) is 12.5 Å². The van der Waals surface area contributed by atoms with Gasteiger partial charge in [-0.25, -0.2) is 0 Å². The maximum Gasteiger partial charge on any atom is 0.0923 e. The van der Waals surface area contributed by atoms with Crippen LogP contribution in [0, 0.1) is 0 Å². The second kappa shape index (κ2) is 10.4. The highest BCUT2D eigenvalue weighted by Crippen LogP contribution is 2.28. The fourth-order valence-electron chi connectivity index (χ4n) is 2.95. The van der Waals surface area contributed by atoms with E-state index in [1.54, 1.807) is 7.11 Å². The molecule has 0 saturated heterocycles. The highest BCUT2D eigenvalue weighted by molar-refractivity contribution is 5.83. The molecule has 132 valence electrons. The van der Waals surface area contributed by atoms with Crippen LogP contribution in [-0.4, -0.2) is 25.1 Å². The van der Waals surface area contributed by atoms with Crippen LogP contribution in [0.1, 0.15) is 37.8 Å². The van der Waals surface area contributed by atoms with Gasteiger partial charge < -0.3 is 9.64 Å².